The van der Waals surface area contributed by atoms with Gasteiger partial charge in [0.05, 0.1) is 6.61 Å². The van der Waals surface area contributed by atoms with E-state index in [2.05, 4.69) is 10.1 Å². The average Bonchev–Trinajstić information content (AvgIpc) is 2.26. The van der Waals surface area contributed by atoms with Gasteiger partial charge in [0.25, 0.3) is 0 Å². The van der Waals surface area contributed by atoms with E-state index >= 15 is 0 Å². The molecule has 0 spiro atoms. The van der Waals surface area contributed by atoms with Gasteiger partial charge in [0.1, 0.15) is 12.1 Å². The standard InChI is InChI=1S/C11H17F3N2O3/c1-6(2)8-10(18)16(7(3)9(17)15-8)4-5-19-11(12,13)14/h6-8H,4-5H2,1-3H3,(H,15,17). The molecule has 1 saturated heterocycles. The molecule has 2 atom stereocenters. The molecule has 1 aliphatic heterocycles. The van der Waals surface area contributed by atoms with E-state index in [-0.39, 0.29) is 24.3 Å². The molecule has 0 aromatic heterocycles. The van der Waals surface area contributed by atoms with E-state index in [0.717, 1.165) is 4.90 Å². The average molecular weight is 282 g/mol. The fraction of sp³-hybridized carbons (Fsp3) is 0.818. The normalized spacial score (nSPS) is 24.9. The molecule has 1 aliphatic rings. The molecule has 0 bridgehead atoms. The minimum Gasteiger partial charge on any atom is -0.342 e. The zero-order chi connectivity index (χ0) is 14.8. The highest BCUT2D eigenvalue weighted by molar-refractivity contribution is 5.96. The Labute approximate surface area is 109 Å². The van der Waals surface area contributed by atoms with Gasteiger partial charge in [-0.25, -0.2) is 0 Å². The van der Waals surface area contributed by atoms with Crippen LogP contribution >= 0.6 is 0 Å². The van der Waals surface area contributed by atoms with Crippen molar-refractivity contribution in [2.45, 2.75) is 39.2 Å². The van der Waals surface area contributed by atoms with Crippen LogP contribution in [-0.4, -0.2) is 48.3 Å². The molecule has 1 N–H and O–H groups in total. The quantitative estimate of drug-likeness (QED) is 0.833. The summed E-state index contributed by atoms with van der Waals surface area (Å²) in [5.41, 5.74) is 0. The van der Waals surface area contributed by atoms with Crippen LogP contribution in [0.3, 0.4) is 0 Å². The van der Waals surface area contributed by atoms with Crippen LogP contribution in [0, 0.1) is 5.92 Å². The summed E-state index contributed by atoms with van der Waals surface area (Å²) in [6, 6.07) is -1.49. The monoisotopic (exact) mass is 282 g/mol. The van der Waals surface area contributed by atoms with Crippen molar-refractivity contribution in [3.8, 4) is 0 Å². The van der Waals surface area contributed by atoms with E-state index in [0.29, 0.717) is 0 Å². The van der Waals surface area contributed by atoms with Crippen molar-refractivity contribution >= 4 is 11.8 Å². The number of hydrogen-bond donors (Lipinski definition) is 1. The second-order valence-corrected chi connectivity index (χ2v) is 4.73. The van der Waals surface area contributed by atoms with Gasteiger partial charge in [0.15, 0.2) is 0 Å². The number of carbonyl (C=O) groups is 2. The van der Waals surface area contributed by atoms with Gasteiger partial charge in [-0.2, -0.15) is 0 Å². The van der Waals surface area contributed by atoms with E-state index in [4.69, 9.17) is 0 Å². The molecule has 2 amide bonds. The Morgan fingerprint density at radius 3 is 2.42 bits per heavy atom. The Kier molecular flexibility index (Phi) is 4.78. The van der Waals surface area contributed by atoms with Crippen molar-refractivity contribution in [1.82, 2.24) is 10.2 Å². The van der Waals surface area contributed by atoms with Gasteiger partial charge in [-0.1, -0.05) is 13.8 Å². The minimum atomic E-state index is -4.73. The van der Waals surface area contributed by atoms with Gasteiger partial charge in [-0.15, -0.1) is 13.2 Å². The van der Waals surface area contributed by atoms with Crippen molar-refractivity contribution in [2.24, 2.45) is 5.92 Å². The van der Waals surface area contributed by atoms with E-state index in [1.807, 2.05) is 0 Å². The van der Waals surface area contributed by atoms with Gasteiger partial charge in [-0.05, 0) is 12.8 Å². The summed E-state index contributed by atoms with van der Waals surface area (Å²) in [5, 5.41) is 2.56. The van der Waals surface area contributed by atoms with Crippen LogP contribution in [0.2, 0.25) is 0 Å². The first-order valence-corrected chi connectivity index (χ1v) is 5.95. The van der Waals surface area contributed by atoms with Crippen molar-refractivity contribution in [1.29, 1.82) is 0 Å². The van der Waals surface area contributed by atoms with Crippen LogP contribution in [0.4, 0.5) is 13.2 Å². The van der Waals surface area contributed by atoms with Gasteiger partial charge >= 0.3 is 6.36 Å². The van der Waals surface area contributed by atoms with Gasteiger partial charge in [0.2, 0.25) is 11.8 Å². The summed E-state index contributed by atoms with van der Waals surface area (Å²) in [6.45, 7) is 4.03. The maximum Gasteiger partial charge on any atom is 0.522 e. The van der Waals surface area contributed by atoms with Crippen molar-refractivity contribution < 1.29 is 27.5 Å². The zero-order valence-electron chi connectivity index (χ0n) is 11.0. The molecular formula is C11H17F3N2O3. The van der Waals surface area contributed by atoms with Crippen molar-refractivity contribution in [2.75, 3.05) is 13.2 Å². The topological polar surface area (TPSA) is 58.6 Å². The number of nitrogens with zero attached hydrogens (tertiary/aromatic N) is 1. The second-order valence-electron chi connectivity index (χ2n) is 4.73. The molecule has 1 fully saturated rings. The Morgan fingerprint density at radius 1 is 1.37 bits per heavy atom. The summed E-state index contributed by atoms with van der Waals surface area (Å²) in [7, 11) is 0. The van der Waals surface area contributed by atoms with Crippen LogP contribution in [0.25, 0.3) is 0 Å². The number of nitrogens with one attached hydrogen (secondary N) is 1. The van der Waals surface area contributed by atoms with E-state index in [9.17, 15) is 22.8 Å². The van der Waals surface area contributed by atoms with Crippen LogP contribution < -0.4 is 5.32 Å². The second kappa shape index (κ2) is 5.77. The molecule has 1 heterocycles. The van der Waals surface area contributed by atoms with E-state index in [1.54, 1.807) is 13.8 Å². The van der Waals surface area contributed by atoms with Crippen LogP contribution in [0.5, 0.6) is 0 Å². The molecular weight excluding hydrogens is 265 g/mol. The van der Waals surface area contributed by atoms with Crippen LogP contribution in [0.1, 0.15) is 20.8 Å². The number of alkyl halides is 3. The summed E-state index contributed by atoms with van der Waals surface area (Å²) in [6.07, 6.45) is -4.73. The Hall–Kier alpha value is -1.31. The predicted molar refractivity (Wildman–Crippen MR) is 60.0 cm³/mol. The molecule has 0 aliphatic carbocycles. The Bertz CT molecular complexity index is 358. The maximum atomic E-state index is 12.1. The lowest BCUT2D eigenvalue weighted by Gasteiger charge is -2.38. The van der Waals surface area contributed by atoms with Crippen molar-refractivity contribution in [3.63, 3.8) is 0 Å². The molecule has 5 nitrogen and oxygen atoms in total. The SMILES string of the molecule is CC(C)C1NC(=O)C(C)N(CCOC(F)(F)F)C1=O. The first-order chi connectivity index (χ1) is 8.63. The van der Waals surface area contributed by atoms with Crippen molar-refractivity contribution in [3.05, 3.63) is 0 Å². The number of ether oxygens (including phenoxy) is 1. The van der Waals surface area contributed by atoms with Gasteiger partial charge < -0.3 is 10.2 Å². The lowest BCUT2D eigenvalue weighted by Crippen LogP contribution is -2.64. The molecule has 8 heteroatoms. The lowest BCUT2D eigenvalue weighted by atomic mass is 9.98. The molecule has 2 unspecified atom stereocenters. The van der Waals surface area contributed by atoms with Gasteiger partial charge in [-0.3, -0.25) is 14.3 Å². The highest BCUT2D eigenvalue weighted by Crippen LogP contribution is 2.18. The molecule has 0 radical (unpaired) electrons. The molecule has 1 rings (SSSR count). The third-order valence-electron chi connectivity index (χ3n) is 2.96. The summed E-state index contributed by atoms with van der Waals surface area (Å²) in [5.74, 6) is -0.881. The number of carbonyl (C=O) groups excluding carboxylic acids is 2. The molecule has 0 saturated carbocycles. The third-order valence-corrected chi connectivity index (χ3v) is 2.96. The number of halogens is 3. The summed E-state index contributed by atoms with van der Waals surface area (Å²) in [4.78, 5) is 24.8. The minimum absolute atomic E-state index is 0.130. The first kappa shape index (κ1) is 15.7. The van der Waals surface area contributed by atoms with E-state index < -0.39 is 25.1 Å². The van der Waals surface area contributed by atoms with Crippen LogP contribution in [-0.2, 0) is 14.3 Å². The van der Waals surface area contributed by atoms with Gasteiger partial charge in [0, 0.05) is 6.54 Å². The summed E-state index contributed by atoms with van der Waals surface area (Å²) >= 11 is 0. The Morgan fingerprint density at radius 2 is 1.95 bits per heavy atom. The zero-order valence-corrected chi connectivity index (χ0v) is 11.0. The highest BCUT2D eigenvalue weighted by Gasteiger charge is 2.39. The largest absolute Gasteiger partial charge is 0.522 e. The lowest BCUT2D eigenvalue weighted by molar-refractivity contribution is -0.325. The number of hydrogen-bond acceptors (Lipinski definition) is 3. The first-order valence-electron chi connectivity index (χ1n) is 5.95. The third kappa shape index (κ3) is 4.09. The molecule has 19 heavy (non-hydrogen) atoms. The predicted octanol–water partition coefficient (Wildman–Crippen LogP) is 0.894. The Balaban J connectivity index is 2.67. The molecule has 0 aromatic rings. The maximum absolute atomic E-state index is 12.1. The number of amides is 2. The molecule has 0 aromatic carbocycles. The highest BCUT2D eigenvalue weighted by atomic mass is 19.4. The van der Waals surface area contributed by atoms with Crippen LogP contribution in [0.15, 0.2) is 0 Å². The van der Waals surface area contributed by atoms with E-state index in [1.165, 1.54) is 6.92 Å². The fourth-order valence-corrected chi connectivity index (χ4v) is 1.86. The molecule has 110 valence electrons. The number of piperazine rings is 1. The summed E-state index contributed by atoms with van der Waals surface area (Å²) < 4.78 is 39.3. The fourth-order valence-electron chi connectivity index (χ4n) is 1.86. The smallest absolute Gasteiger partial charge is 0.342 e. The number of rotatable bonds is 4.